The van der Waals surface area contributed by atoms with E-state index in [1.807, 2.05) is 27.7 Å². The van der Waals surface area contributed by atoms with E-state index in [9.17, 15) is 4.79 Å². The molecular weight excluding hydrogens is 306 g/mol. The SMILES string of the molecule is COc1c(C)c(C)c(Br)c(C)c1C(=O)CCC(C)N. The Kier molecular flexibility index (Phi) is 5.56. The minimum Gasteiger partial charge on any atom is -0.496 e. The van der Waals surface area contributed by atoms with Crippen LogP contribution in [-0.4, -0.2) is 18.9 Å². The Hall–Kier alpha value is -0.870. The van der Waals surface area contributed by atoms with Crippen molar-refractivity contribution in [1.82, 2.24) is 0 Å². The maximum absolute atomic E-state index is 12.4. The number of hydrogen-bond acceptors (Lipinski definition) is 3. The molecule has 106 valence electrons. The zero-order valence-corrected chi connectivity index (χ0v) is 13.8. The first-order valence-corrected chi connectivity index (χ1v) is 7.22. The molecule has 1 atom stereocenters. The third-order valence-corrected chi connectivity index (χ3v) is 4.66. The summed E-state index contributed by atoms with van der Waals surface area (Å²) in [4.78, 5) is 12.4. The average molecular weight is 328 g/mol. The van der Waals surface area contributed by atoms with E-state index in [0.29, 0.717) is 24.2 Å². The standard InChI is InChI=1S/C15H22BrNO2/c1-8(17)6-7-12(18)13-11(4)14(16)9(2)10(3)15(13)19-5/h8H,6-7,17H2,1-5H3. The Morgan fingerprint density at radius 3 is 2.32 bits per heavy atom. The van der Waals surface area contributed by atoms with Crippen LogP contribution < -0.4 is 10.5 Å². The molecule has 0 aliphatic heterocycles. The van der Waals surface area contributed by atoms with Gasteiger partial charge in [-0.25, -0.2) is 0 Å². The molecule has 0 heterocycles. The van der Waals surface area contributed by atoms with Gasteiger partial charge in [0.25, 0.3) is 0 Å². The Balaban J connectivity index is 3.30. The fourth-order valence-corrected chi connectivity index (χ4v) is 2.65. The number of hydrogen-bond donors (Lipinski definition) is 1. The second-order valence-corrected chi connectivity index (χ2v) is 5.83. The predicted octanol–water partition coefficient (Wildman–Crippen LogP) is 3.69. The number of rotatable bonds is 5. The van der Waals surface area contributed by atoms with Gasteiger partial charge in [0.2, 0.25) is 0 Å². The molecule has 4 heteroatoms. The molecule has 1 aromatic rings. The normalized spacial score (nSPS) is 12.4. The monoisotopic (exact) mass is 327 g/mol. The smallest absolute Gasteiger partial charge is 0.166 e. The van der Waals surface area contributed by atoms with Crippen molar-refractivity contribution >= 4 is 21.7 Å². The minimum atomic E-state index is 0.0326. The molecule has 1 rings (SSSR count). The molecule has 0 aliphatic carbocycles. The van der Waals surface area contributed by atoms with Gasteiger partial charge in [0, 0.05) is 16.9 Å². The number of ether oxygens (including phenoxy) is 1. The van der Waals surface area contributed by atoms with E-state index in [1.165, 1.54) is 0 Å². The van der Waals surface area contributed by atoms with Gasteiger partial charge in [0.15, 0.2) is 5.78 Å². The van der Waals surface area contributed by atoms with Crippen molar-refractivity contribution in [1.29, 1.82) is 0 Å². The van der Waals surface area contributed by atoms with Gasteiger partial charge >= 0.3 is 0 Å². The summed E-state index contributed by atoms with van der Waals surface area (Å²) >= 11 is 3.56. The quantitative estimate of drug-likeness (QED) is 0.839. The number of halogens is 1. The molecule has 0 amide bonds. The molecule has 0 radical (unpaired) electrons. The third-order valence-electron chi connectivity index (χ3n) is 3.47. The lowest BCUT2D eigenvalue weighted by Crippen LogP contribution is -2.17. The highest BCUT2D eigenvalue weighted by molar-refractivity contribution is 9.10. The molecule has 2 N–H and O–H groups in total. The van der Waals surface area contributed by atoms with Crippen LogP contribution in [0.1, 0.15) is 46.8 Å². The summed E-state index contributed by atoms with van der Waals surface area (Å²) in [5.74, 6) is 0.781. The zero-order valence-electron chi connectivity index (χ0n) is 12.3. The highest BCUT2D eigenvalue weighted by atomic mass is 79.9. The molecule has 0 fully saturated rings. The Labute approximate surface area is 123 Å². The van der Waals surface area contributed by atoms with Gasteiger partial charge in [0.05, 0.1) is 12.7 Å². The molecule has 0 saturated heterocycles. The van der Waals surface area contributed by atoms with Crippen LogP contribution in [0.25, 0.3) is 0 Å². The van der Waals surface area contributed by atoms with E-state index in [-0.39, 0.29) is 11.8 Å². The van der Waals surface area contributed by atoms with Crippen molar-refractivity contribution in [3.8, 4) is 5.75 Å². The summed E-state index contributed by atoms with van der Waals surface area (Å²) in [7, 11) is 1.61. The van der Waals surface area contributed by atoms with Crippen molar-refractivity contribution in [2.24, 2.45) is 5.73 Å². The number of nitrogens with two attached hydrogens (primary N) is 1. The molecule has 0 aliphatic rings. The van der Waals surface area contributed by atoms with Crippen LogP contribution in [0.4, 0.5) is 0 Å². The van der Waals surface area contributed by atoms with Crippen LogP contribution in [0.2, 0.25) is 0 Å². The minimum absolute atomic E-state index is 0.0326. The van der Waals surface area contributed by atoms with Crippen molar-refractivity contribution in [3.63, 3.8) is 0 Å². The highest BCUT2D eigenvalue weighted by Gasteiger charge is 2.21. The molecular formula is C15H22BrNO2. The van der Waals surface area contributed by atoms with Gasteiger partial charge in [-0.2, -0.15) is 0 Å². The van der Waals surface area contributed by atoms with Gasteiger partial charge in [-0.1, -0.05) is 15.9 Å². The highest BCUT2D eigenvalue weighted by Crippen LogP contribution is 2.36. The van der Waals surface area contributed by atoms with Crippen LogP contribution in [0.15, 0.2) is 4.47 Å². The summed E-state index contributed by atoms with van der Waals surface area (Å²) in [6.07, 6.45) is 1.13. The van der Waals surface area contributed by atoms with Gasteiger partial charge < -0.3 is 10.5 Å². The molecule has 3 nitrogen and oxygen atoms in total. The number of methoxy groups -OCH3 is 1. The fraction of sp³-hybridized carbons (Fsp3) is 0.533. The van der Waals surface area contributed by atoms with Gasteiger partial charge in [0.1, 0.15) is 5.75 Å². The van der Waals surface area contributed by atoms with Crippen molar-refractivity contribution in [2.75, 3.05) is 7.11 Å². The summed E-state index contributed by atoms with van der Waals surface area (Å²) in [5.41, 5.74) is 9.45. The third kappa shape index (κ3) is 3.37. The van der Waals surface area contributed by atoms with Crippen LogP contribution >= 0.6 is 15.9 Å². The predicted molar refractivity (Wildman–Crippen MR) is 82.1 cm³/mol. The summed E-state index contributed by atoms with van der Waals surface area (Å²) in [6.45, 7) is 7.84. The fourth-order valence-electron chi connectivity index (χ4n) is 2.16. The van der Waals surface area contributed by atoms with Crippen molar-refractivity contribution in [3.05, 3.63) is 26.7 Å². The molecule has 19 heavy (non-hydrogen) atoms. The lowest BCUT2D eigenvalue weighted by atomic mass is 9.94. The average Bonchev–Trinajstić information content (AvgIpc) is 2.37. The first-order valence-electron chi connectivity index (χ1n) is 6.43. The molecule has 1 aromatic carbocycles. The van der Waals surface area contributed by atoms with Gasteiger partial charge in [-0.05, 0) is 50.8 Å². The lowest BCUT2D eigenvalue weighted by molar-refractivity contribution is 0.0974. The number of Topliss-reactive ketones (excluding diaryl/α,β-unsaturated/α-hetero) is 1. The lowest BCUT2D eigenvalue weighted by Gasteiger charge is -2.18. The van der Waals surface area contributed by atoms with E-state index in [0.717, 1.165) is 21.2 Å². The Bertz CT molecular complexity index is 496. The Morgan fingerprint density at radius 1 is 1.26 bits per heavy atom. The van der Waals surface area contributed by atoms with Crippen LogP contribution in [0.5, 0.6) is 5.75 Å². The van der Waals surface area contributed by atoms with Crippen molar-refractivity contribution in [2.45, 2.75) is 46.6 Å². The summed E-state index contributed by atoms with van der Waals surface area (Å²) in [5, 5.41) is 0. The topological polar surface area (TPSA) is 52.3 Å². The molecule has 0 saturated carbocycles. The second kappa shape index (κ2) is 6.53. The van der Waals surface area contributed by atoms with Crippen LogP contribution in [0.3, 0.4) is 0 Å². The van der Waals surface area contributed by atoms with E-state index in [1.54, 1.807) is 7.11 Å². The van der Waals surface area contributed by atoms with E-state index in [2.05, 4.69) is 15.9 Å². The summed E-state index contributed by atoms with van der Waals surface area (Å²) in [6, 6.07) is 0.0326. The number of benzene rings is 1. The first-order chi connectivity index (χ1) is 8.81. The van der Waals surface area contributed by atoms with E-state index < -0.39 is 0 Å². The van der Waals surface area contributed by atoms with Gasteiger partial charge in [-0.15, -0.1) is 0 Å². The molecule has 0 aromatic heterocycles. The van der Waals surface area contributed by atoms with E-state index in [4.69, 9.17) is 10.5 Å². The van der Waals surface area contributed by atoms with E-state index >= 15 is 0 Å². The molecule has 0 bridgehead atoms. The van der Waals surface area contributed by atoms with Crippen molar-refractivity contribution < 1.29 is 9.53 Å². The van der Waals surface area contributed by atoms with Crippen LogP contribution in [-0.2, 0) is 0 Å². The largest absolute Gasteiger partial charge is 0.496 e. The second-order valence-electron chi connectivity index (χ2n) is 5.04. The molecule has 0 spiro atoms. The number of carbonyl (C=O) groups excluding carboxylic acids is 1. The Morgan fingerprint density at radius 2 is 1.84 bits per heavy atom. The molecule has 1 unspecified atom stereocenters. The maximum atomic E-state index is 12.4. The maximum Gasteiger partial charge on any atom is 0.166 e. The first kappa shape index (κ1) is 16.2. The van der Waals surface area contributed by atoms with Crippen LogP contribution in [0, 0.1) is 20.8 Å². The summed E-state index contributed by atoms with van der Waals surface area (Å²) < 4.78 is 6.43. The zero-order chi connectivity index (χ0) is 14.7. The van der Waals surface area contributed by atoms with Gasteiger partial charge in [-0.3, -0.25) is 4.79 Å². The number of ketones is 1. The number of carbonyl (C=O) groups is 1.